The van der Waals surface area contributed by atoms with Gasteiger partial charge in [0.05, 0.1) is 6.04 Å². The molecule has 0 saturated heterocycles. The van der Waals surface area contributed by atoms with Gasteiger partial charge in [-0.2, -0.15) is 0 Å². The zero-order valence-electron chi connectivity index (χ0n) is 10.7. The molecule has 0 amide bonds. The zero-order valence-corrected chi connectivity index (χ0v) is 11.4. The average Bonchev–Trinajstić information content (AvgIpc) is 2.37. The highest BCUT2D eigenvalue weighted by Crippen LogP contribution is 2.22. The summed E-state index contributed by atoms with van der Waals surface area (Å²) in [6.07, 6.45) is 0.997. The van der Waals surface area contributed by atoms with E-state index in [1.54, 1.807) is 6.07 Å². The van der Waals surface area contributed by atoms with E-state index in [4.69, 9.17) is 11.6 Å². The Hall–Kier alpha value is -1.54. The molecule has 2 rings (SSSR count). The molecule has 1 atom stereocenters. The van der Waals surface area contributed by atoms with Gasteiger partial charge in [-0.3, -0.25) is 0 Å². The van der Waals surface area contributed by atoms with Crippen molar-refractivity contribution in [2.75, 3.05) is 5.32 Å². The van der Waals surface area contributed by atoms with E-state index in [0.717, 1.165) is 12.2 Å². The van der Waals surface area contributed by atoms with Crippen molar-refractivity contribution in [3.63, 3.8) is 0 Å². The van der Waals surface area contributed by atoms with Gasteiger partial charge >= 0.3 is 0 Å². The summed E-state index contributed by atoms with van der Waals surface area (Å²) < 4.78 is 0. The van der Waals surface area contributed by atoms with E-state index >= 15 is 0 Å². The molecule has 1 N–H and O–H groups in total. The third-order valence-corrected chi connectivity index (χ3v) is 3.14. The van der Waals surface area contributed by atoms with Gasteiger partial charge in [-0.1, -0.05) is 54.4 Å². The molecule has 18 heavy (non-hydrogen) atoms. The van der Waals surface area contributed by atoms with Crippen LogP contribution in [0.2, 0.25) is 5.15 Å². The molecule has 0 spiro atoms. The Kier molecular flexibility index (Phi) is 4.21. The van der Waals surface area contributed by atoms with Gasteiger partial charge in [0, 0.05) is 0 Å². The second-order valence-electron chi connectivity index (χ2n) is 4.36. The number of pyridine rings is 1. The first-order valence-electron chi connectivity index (χ1n) is 6.14. The molecule has 3 heteroatoms. The van der Waals surface area contributed by atoms with Crippen molar-refractivity contribution < 1.29 is 0 Å². The number of rotatable bonds is 4. The van der Waals surface area contributed by atoms with E-state index in [-0.39, 0.29) is 6.04 Å². The van der Waals surface area contributed by atoms with E-state index in [0.29, 0.717) is 5.15 Å². The molecule has 2 nitrogen and oxygen atoms in total. The molecule has 94 valence electrons. The molecule has 1 aromatic heterocycles. The summed E-state index contributed by atoms with van der Waals surface area (Å²) in [6.45, 7) is 4.25. The second kappa shape index (κ2) is 5.87. The summed E-state index contributed by atoms with van der Waals surface area (Å²) >= 11 is 5.89. The first-order valence-corrected chi connectivity index (χ1v) is 6.52. The van der Waals surface area contributed by atoms with Gasteiger partial charge in [0.2, 0.25) is 0 Å². The number of benzene rings is 1. The molecule has 0 fully saturated rings. The third kappa shape index (κ3) is 3.23. The minimum absolute atomic E-state index is 0.261. The van der Waals surface area contributed by atoms with Gasteiger partial charge in [0.1, 0.15) is 11.0 Å². The molecule has 2 aromatic rings. The van der Waals surface area contributed by atoms with Crippen molar-refractivity contribution in [1.82, 2.24) is 4.98 Å². The summed E-state index contributed by atoms with van der Waals surface area (Å²) in [4.78, 5) is 4.26. The van der Waals surface area contributed by atoms with Crippen molar-refractivity contribution in [2.45, 2.75) is 26.3 Å². The lowest BCUT2D eigenvalue weighted by atomic mass is 10.0. The number of hydrogen-bond donors (Lipinski definition) is 1. The molecule has 0 saturated carbocycles. The highest BCUT2D eigenvalue weighted by Gasteiger charge is 2.09. The van der Waals surface area contributed by atoms with Crippen LogP contribution in [0.25, 0.3) is 0 Å². The number of hydrogen-bond acceptors (Lipinski definition) is 2. The summed E-state index contributed by atoms with van der Waals surface area (Å²) in [5.41, 5.74) is 2.54. The largest absolute Gasteiger partial charge is 0.363 e. The number of nitrogens with one attached hydrogen (secondary N) is 1. The Bertz CT molecular complexity index is 508. The maximum atomic E-state index is 5.89. The van der Waals surface area contributed by atoms with Gasteiger partial charge in [-0.05, 0) is 31.0 Å². The van der Waals surface area contributed by atoms with Crippen LogP contribution in [0.1, 0.15) is 30.5 Å². The zero-order chi connectivity index (χ0) is 13.0. The Balaban J connectivity index is 2.17. The molecule has 0 radical (unpaired) electrons. The number of aryl methyl sites for hydroxylation is 1. The van der Waals surface area contributed by atoms with Crippen LogP contribution in [0.15, 0.2) is 42.5 Å². The van der Waals surface area contributed by atoms with Crippen LogP contribution >= 0.6 is 11.6 Å². The Morgan fingerprint density at radius 1 is 1.17 bits per heavy atom. The molecule has 1 aromatic carbocycles. The number of aromatic nitrogens is 1. The predicted octanol–water partition coefficient (Wildman–Crippen LogP) is 4.61. The minimum atomic E-state index is 0.261. The number of halogens is 1. The van der Waals surface area contributed by atoms with Gasteiger partial charge in [-0.15, -0.1) is 0 Å². The monoisotopic (exact) mass is 260 g/mol. The van der Waals surface area contributed by atoms with Crippen molar-refractivity contribution in [1.29, 1.82) is 0 Å². The number of anilines is 1. The fourth-order valence-electron chi connectivity index (χ4n) is 1.89. The summed E-state index contributed by atoms with van der Waals surface area (Å²) in [6, 6.07) is 14.4. The predicted molar refractivity (Wildman–Crippen MR) is 77.1 cm³/mol. The topological polar surface area (TPSA) is 24.9 Å². The van der Waals surface area contributed by atoms with Crippen molar-refractivity contribution in [3.8, 4) is 0 Å². The fraction of sp³-hybridized carbons (Fsp3) is 0.267. The Morgan fingerprint density at radius 2 is 1.89 bits per heavy atom. The van der Waals surface area contributed by atoms with Crippen LogP contribution in [0, 0.1) is 6.92 Å². The molecule has 0 bridgehead atoms. The lowest BCUT2D eigenvalue weighted by molar-refractivity contribution is 0.744. The molecular weight excluding hydrogens is 244 g/mol. The summed E-state index contributed by atoms with van der Waals surface area (Å²) in [5, 5.41) is 3.92. The maximum Gasteiger partial charge on any atom is 0.131 e. The molecular formula is C15H17ClN2. The molecule has 1 unspecified atom stereocenters. The quantitative estimate of drug-likeness (QED) is 0.813. The van der Waals surface area contributed by atoms with Crippen LogP contribution < -0.4 is 5.32 Å². The molecule has 0 aliphatic heterocycles. The summed E-state index contributed by atoms with van der Waals surface area (Å²) in [5.74, 6) is 0.815. The first-order chi connectivity index (χ1) is 8.69. The Labute approximate surface area is 113 Å². The van der Waals surface area contributed by atoms with Crippen LogP contribution in [-0.4, -0.2) is 4.98 Å². The lowest BCUT2D eigenvalue weighted by Gasteiger charge is -2.18. The van der Waals surface area contributed by atoms with Gasteiger partial charge < -0.3 is 5.32 Å². The molecule has 0 aliphatic carbocycles. The van der Waals surface area contributed by atoms with Gasteiger partial charge in [-0.25, -0.2) is 4.98 Å². The lowest BCUT2D eigenvalue weighted by Crippen LogP contribution is -2.10. The normalized spacial score (nSPS) is 12.2. The first kappa shape index (κ1) is 12.9. The van der Waals surface area contributed by atoms with E-state index < -0.39 is 0 Å². The van der Waals surface area contributed by atoms with Crippen LogP contribution in [0.4, 0.5) is 5.82 Å². The Morgan fingerprint density at radius 3 is 2.50 bits per heavy atom. The highest BCUT2D eigenvalue weighted by molar-refractivity contribution is 6.29. The minimum Gasteiger partial charge on any atom is -0.363 e. The van der Waals surface area contributed by atoms with Gasteiger partial charge in [0.15, 0.2) is 0 Å². The summed E-state index contributed by atoms with van der Waals surface area (Å²) in [7, 11) is 0. The fourth-order valence-corrected chi connectivity index (χ4v) is 2.05. The van der Waals surface area contributed by atoms with E-state index in [1.807, 2.05) is 12.1 Å². The van der Waals surface area contributed by atoms with Gasteiger partial charge in [0.25, 0.3) is 0 Å². The SMILES string of the molecule is CCC(Nc1cccc(Cl)n1)c1ccc(C)cc1. The number of nitrogens with zero attached hydrogens (tertiary/aromatic N) is 1. The smallest absolute Gasteiger partial charge is 0.131 e. The van der Waals surface area contributed by atoms with Crippen LogP contribution in [-0.2, 0) is 0 Å². The van der Waals surface area contributed by atoms with E-state index in [1.165, 1.54) is 11.1 Å². The van der Waals surface area contributed by atoms with Crippen molar-refractivity contribution in [2.24, 2.45) is 0 Å². The second-order valence-corrected chi connectivity index (χ2v) is 4.75. The molecule has 1 heterocycles. The van der Waals surface area contributed by atoms with E-state index in [9.17, 15) is 0 Å². The maximum absolute atomic E-state index is 5.89. The van der Waals surface area contributed by atoms with Crippen molar-refractivity contribution in [3.05, 3.63) is 58.7 Å². The van der Waals surface area contributed by atoms with Crippen LogP contribution in [0.3, 0.4) is 0 Å². The van der Waals surface area contributed by atoms with Crippen molar-refractivity contribution >= 4 is 17.4 Å². The van der Waals surface area contributed by atoms with Crippen LogP contribution in [0.5, 0.6) is 0 Å². The highest BCUT2D eigenvalue weighted by atomic mass is 35.5. The molecule has 0 aliphatic rings. The third-order valence-electron chi connectivity index (χ3n) is 2.93. The van der Waals surface area contributed by atoms with E-state index in [2.05, 4.69) is 48.4 Å². The standard InChI is InChI=1S/C15H17ClN2/c1-3-13(12-9-7-11(2)8-10-12)17-15-6-4-5-14(16)18-15/h4-10,13H,3H2,1-2H3,(H,17,18). The average molecular weight is 261 g/mol.